The predicted octanol–water partition coefficient (Wildman–Crippen LogP) is 3.26. The molecular weight excluding hydrogens is 350 g/mol. The van der Waals surface area contributed by atoms with Crippen molar-refractivity contribution in [1.82, 2.24) is 4.90 Å². The Kier molecular flexibility index (Phi) is 7.95. The van der Waals surface area contributed by atoms with Crippen molar-refractivity contribution in [3.63, 3.8) is 0 Å². The third-order valence-electron chi connectivity index (χ3n) is 2.95. The highest BCUT2D eigenvalue weighted by atomic mass is 79.9. The van der Waals surface area contributed by atoms with E-state index in [-0.39, 0.29) is 12.5 Å². The van der Waals surface area contributed by atoms with Crippen molar-refractivity contribution in [3.8, 4) is 5.75 Å². The van der Waals surface area contributed by atoms with E-state index >= 15 is 0 Å². The van der Waals surface area contributed by atoms with Crippen LogP contribution in [0.2, 0.25) is 0 Å². The largest absolute Gasteiger partial charge is 0.493 e. The van der Waals surface area contributed by atoms with E-state index in [2.05, 4.69) is 22.9 Å². The molecule has 6 heteroatoms. The van der Waals surface area contributed by atoms with Crippen LogP contribution < -0.4 is 4.74 Å². The molecule has 0 bridgehead atoms. The van der Waals surface area contributed by atoms with Crippen LogP contribution in [0.1, 0.15) is 37.0 Å². The second-order valence-electron chi connectivity index (χ2n) is 4.81. The minimum atomic E-state index is -0.429. The van der Waals surface area contributed by atoms with Crippen LogP contribution in [-0.4, -0.2) is 43.6 Å². The van der Waals surface area contributed by atoms with Gasteiger partial charge in [-0.1, -0.05) is 29.3 Å². The molecule has 0 saturated heterocycles. The number of hydrogen-bond donors (Lipinski definition) is 0. The maximum absolute atomic E-state index is 12.5. The van der Waals surface area contributed by atoms with E-state index in [1.807, 2.05) is 6.07 Å². The molecule has 0 aliphatic carbocycles. The van der Waals surface area contributed by atoms with Crippen LogP contribution >= 0.6 is 15.9 Å². The molecule has 1 aromatic rings. The van der Waals surface area contributed by atoms with Gasteiger partial charge in [0.2, 0.25) is 0 Å². The molecule has 1 aromatic carbocycles. The molecule has 0 spiro atoms. The van der Waals surface area contributed by atoms with Crippen LogP contribution in [0.4, 0.5) is 0 Å². The molecule has 0 fully saturated rings. The first-order chi connectivity index (χ1) is 10.5. The number of carbonyl (C=O) groups is 2. The smallest absolute Gasteiger partial charge is 0.325 e. The van der Waals surface area contributed by atoms with Crippen molar-refractivity contribution in [1.29, 1.82) is 0 Å². The van der Waals surface area contributed by atoms with Gasteiger partial charge in [0.05, 0.1) is 18.8 Å². The highest BCUT2D eigenvalue weighted by molar-refractivity contribution is 9.10. The summed E-state index contributed by atoms with van der Waals surface area (Å²) in [4.78, 5) is 25.3. The average Bonchev–Trinajstić information content (AvgIpc) is 2.48. The third kappa shape index (κ3) is 5.67. The first kappa shape index (κ1) is 18.5. The van der Waals surface area contributed by atoms with E-state index in [9.17, 15) is 9.59 Å². The van der Waals surface area contributed by atoms with E-state index in [0.29, 0.717) is 24.5 Å². The standard InChI is InChI=1S/C16H22BrNO4/c1-4-6-9-22-14-8-7-12(17)10-13(14)16(20)18(3)11-15(19)21-5-2/h7-8,10H,4-6,9,11H2,1-3H3. The number of hydrogen-bond acceptors (Lipinski definition) is 4. The lowest BCUT2D eigenvalue weighted by Gasteiger charge is -2.18. The van der Waals surface area contributed by atoms with Gasteiger partial charge in [-0.25, -0.2) is 0 Å². The summed E-state index contributed by atoms with van der Waals surface area (Å²) < 4.78 is 11.3. The van der Waals surface area contributed by atoms with Crippen molar-refractivity contribution >= 4 is 27.8 Å². The van der Waals surface area contributed by atoms with E-state index in [1.54, 1.807) is 26.1 Å². The van der Waals surface area contributed by atoms with Gasteiger partial charge >= 0.3 is 5.97 Å². The molecule has 0 aromatic heterocycles. The summed E-state index contributed by atoms with van der Waals surface area (Å²) in [6.07, 6.45) is 1.94. The summed E-state index contributed by atoms with van der Waals surface area (Å²) in [5, 5.41) is 0. The van der Waals surface area contributed by atoms with Gasteiger partial charge in [0, 0.05) is 11.5 Å². The Morgan fingerprint density at radius 3 is 2.64 bits per heavy atom. The average molecular weight is 372 g/mol. The zero-order chi connectivity index (χ0) is 16.5. The monoisotopic (exact) mass is 371 g/mol. The molecule has 1 amide bonds. The number of benzene rings is 1. The first-order valence-electron chi connectivity index (χ1n) is 7.33. The zero-order valence-electron chi connectivity index (χ0n) is 13.2. The van der Waals surface area contributed by atoms with E-state index in [0.717, 1.165) is 17.3 Å². The van der Waals surface area contributed by atoms with E-state index in [1.165, 1.54) is 4.90 Å². The number of rotatable bonds is 8. The molecular formula is C16H22BrNO4. The second kappa shape index (κ2) is 9.46. The SMILES string of the molecule is CCCCOc1ccc(Br)cc1C(=O)N(C)CC(=O)OCC. The number of halogens is 1. The van der Waals surface area contributed by atoms with Gasteiger partial charge in [0.1, 0.15) is 12.3 Å². The maximum atomic E-state index is 12.5. The Labute approximate surface area is 139 Å². The van der Waals surface area contributed by atoms with Crippen molar-refractivity contribution in [2.24, 2.45) is 0 Å². The van der Waals surface area contributed by atoms with Crippen LogP contribution in [0.15, 0.2) is 22.7 Å². The molecule has 0 saturated carbocycles. The Morgan fingerprint density at radius 2 is 2.00 bits per heavy atom. The van der Waals surface area contributed by atoms with Gasteiger partial charge in [0.15, 0.2) is 0 Å². The second-order valence-corrected chi connectivity index (χ2v) is 5.72. The summed E-state index contributed by atoms with van der Waals surface area (Å²) in [5.74, 6) is -0.181. The normalized spacial score (nSPS) is 10.2. The Hall–Kier alpha value is -1.56. The van der Waals surface area contributed by atoms with Crippen LogP contribution in [0.25, 0.3) is 0 Å². The molecule has 0 heterocycles. The number of ether oxygens (including phenoxy) is 2. The molecule has 0 aliphatic heterocycles. The van der Waals surface area contributed by atoms with Crippen LogP contribution in [0.5, 0.6) is 5.75 Å². The molecule has 122 valence electrons. The maximum Gasteiger partial charge on any atom is 0.325 e. The molecule has 5 nitrogen and oxygen atoms in total. The number of likely N-dealkylation sites (N-methyl/N-ethyl adjacent to an activating group) is 1. The van der Waals surface area contributed by atoms with Gasteiger partial charge in [-0.15, -0.1) is 0 Å². The molecule has 0 aliphatic rings. The minimum absolute atomic E-state index is 0.0897. The Morgan fingerprint density at radius 1 is 1.27 bits per heavy atom. The number of esters is 1. The van der Waals surface area contributed by atoms with Crippen molar-refractivity contribution in [3.05, 3.63) is 28.2 Å². The molecule has 0 radical (unpaired) electrons. The lowest BCUT2D eigenvalue weighted by Crippen LogP contribution is -2.33. The molecule has 0 atom stereocenters. The lowest BCUT2D eigenvalue weighted by atomic mass is 10.1. The van der Waals surface area contributed by atoms with Crippen molar-refractivity contribution in [2.45, 2.75) is 26.7 Å². The molecule has 0 unspecified atom stereocenters. The van der Waals surface area contributed by atoms with Crippen LogP contribution in [0.3, 0.4) is 0 Å². The Balaban J connectivity index is 2.85. The molecule has 0 N–H and O–H groups in total. The minimum Gasteiger partial charge on any atom is -0.493 e. The topological polar surface area (TPSA) is 55.8 Å². The van der Waals surface area contributed by atoms with Crippen molar-refractivity contribution in [2.75, 3.05) is 26.8 Å². The Bertz CT molecular complexity index is 519. The fraction of sp³-hybridized carbons (Fsp3) is 0.500. The van der Waals surface area contributed by atoms with Crippen LogP contribution in [0, 0.1) is 0 Å². The fourth-order valence-corrected chi connectivity index (χ4v) is 2.16. The summed E-state index contributed by atoms with van der Waals surface area (Å²) in [5.41, 5.74) is 0.428. The van der Waals surface area contributed by atoms with Crippen LogP contribution in [-0.2, 0) is 9.53 Å². The number of carbonyl (C=O) groups excluding carboxylic acids is 2. The fourth-order valence-electron chi connectivity index (χ4n) is 1.80. The van der Waals surface area contributed by atoms with Gasteiger partial charge in [0.25, 0.3) is 5.91 Å². The predicted molar refractivity (Wildman–Crippen MR) is 88.1 cm³/mol. The molecule has 1 rings (SSSR count). The summed E-state index contributed by atoms with van der Waals surface area (Å²) >= 11 is 3.35. The summed E-state index contributed by atoms with van der Waals surface area (Å²) in [6.45, 7) is 4.56. The van der Waals surface area contributed by atoms with Crippen molar-refractivity contribution < 1.29 is 19.1 Å². The summed E-state index contributed by atoms with van der Waals surface area (Å²) in [7, 11) is 1.57. The number of amides is 1. The quantitative estimate of drug-likeness (QED) is 0.519. The zero-order valence-corrected chi connectivity index (χ0v) is 14.8. The third-order valence-corrected chi connectivity index (χ3v) is 3.44. The highest BCUT2D eigenvalue weighted by Gasteiger charge is 2.20. The van der Waals surface area contributed by atoms with Gasteiger partial charge < -0.3 is 14.4 Å². The number of nitrogens with zero attached hydrogens (tertiary/aromatic N) is 1. The highest BCUT2D eigenvalue weighted by Crippen LogP contribution is 2.24. The first-order valence-corrected chi connectivity index (χ1v) is 8.12. The lowest BCUT2D eigenvalue weighted by molar-refractivity contribution is -0.143. The summed E-state index contributed by atoms with van der Waals surface area (Å²) in [6, 6.07) is 5.28. The molecule has 22 heavy (non-hydrogen) atoms. The van der Waals surface area contributed by atoms with E-state index in [4.69, 9.17) is 9.47 Å². The number of unbranched alkanes of at least 4 members (excludes halogenated alkanes) is 1. The van der Waals surface area contributed by atoms with E-state index < -0.39 is 5.97 Å². The van der Waals surface area contributed by atoms with Gasteiger partial charge in [-0.05, 0) is 31.5 Å². The van der Waals surface area contributed by atoms with Gasteiger partial charge in [-0.3, -0.25) is 9.59 Å². The van der Waals surface area contributed by atoms with Gasteiger partial charge in [-0.2, -0.15) is 0 Å².